The van der Waals surface area contributed by atoms with Gasteiger partial charge in [0.25, 0.3) is 0 Å². The van der Waals surface area contributed by atoms with E-state index in [4.69, 9.17) is 5.73 Å². The Morgan fingerprint density at radius 2 is 2.29 bits per heavy atom. The van der Waals surface area contributed by atoms with Crippen molar-refractivity contribution in [1.82, 2.24) is 9.80 Å². The number of anilines is 2. The zero-order valence-electron chi connectivity index (χ0n) is 12.6. The van der Waals surface area contributed by atoms with Crippen molar-refractivity contribution in [3.05, 3.63) is 24.0 Å². The van der Waals surface area contributed by atoms with E-state index in [1.54, 1.807) is 0 Å². The van der Waals surface area contributed by atoms with Crippen LogP contribution in [0, 0.1) is 5.82 Å². The van der Waals surface area contributed by atoms with Crippen LogP contribution in [0.4, 0.5) is 15.8 Å². The number of halogens is 1. The van der Waals surface area contributed by atoms with Crippen LogP contribution in [0.5, 0.6) is 0 Å². The highest BCUT2D eigenvalue weighted by molar-refractivity contribution is 5.92. The van der Waals surface area contributed by atoms with Crippen LogP contribution in [0.3, 0.4) is 0 Å². The topological polar surface area (TPSA) is 61.6 Å². The van der Waals surface area contributed by atoms with Crippen molar-refractivity contribution in [2.24, 2.45) is 0 Å². The Morgan fingerprint density at radius 1 is 1.52 bits per heavy atom. The van der Waals surface area contributed by atoms with Gasteiger partial charge in [0.05, 0.1) is 12.2 Å². The van der Waals surface area contributed by atoms with E-state index in [9.17, 15) is 9.18 Å². The number of nitrogens with zero attached hydrogens (tertiary/aromatic N) is 2. The normalized spacial score (nSPS) is 19.1. The molecule has 1 fully saturated rings. The SMILES string of the molecule is CN(C)CC1CCCN1CC(=O)Nc1ccc(F)c(N)c1. The van der Waals surface area contributed by atoms with Gasteiger partial charge in [0.15, 0.2) is 0 Å². The summed E-state index contributed by atoms with van der Waals surface area (Å²) in [4.78, 5) is 16.4. The summed E-state index contributed by atoms with van der Waals surface area (Å²) in [6.07, 6.45) is 2.24. The van der Waals surface area contributed by atoms with Gasteiger partial charge in [-0.3, -0.25) is 9.69 Å². The number of hydrogen-bond acceptors (Lipinski definition) is 4. The summed E-state index contributed by atoms with van der Waals surface area (Å²) in [5.41, 5.74) is 6.07. The van der Waals surface area contributed by atoms with E-state index in [0.717, 1.165) is 25.9 Å². The monoisotopic (exact) mass is 294 g/mol. The lowest BCUT2D eigenvalue weighted by Gasteiger charge is -2.26. The molecule has 1 aliphatic heterocycles. The molecule has 21 heavy (non-hydrogen) atoms. The number of likely N-dealkylation sites (tertiary alicyclic amines) is 1. The number of likely N-dealkylation sites (N-methyl/N-ethyl adjacent to an activating group) is 1. The fraction of sp³-hybridized carbons (Fsp3) is 0.533. The average Bonchev–Trinajstić information content (AvgIpc) is 2.80. The highest BCUT2D eigenvalue weighted by Gasteiger charge is 2.26. The quantitative estimate of drug-likeness (QED) is 0.805. The molecule has 3 N–H and O–H groups in total. The van der Waals surface area contributed by atoms with Crippen molar-refractivity contribution >= 4 is 17.3 Å². The summed E-state index contributed by atoms with van der Waals surface area (Å²) < 4.78 is 13.1. The minimum absolute atomic E-state index is 0.0412. The Morgan fingerprint density at radius 3 is 2.95 bits per heavy atom. The molecule has 0 aliphatic carbocycles. The molecular weight excluding hydrogens is 271 g/mol. The standard InChI is InChI=1S/C15H23FN4O/c1-19(2)9-12-4-3-7-20(12)10-15(21)18-11-5-6-13(16)14(17)8-11/h5-6,8,12H,3-4,7,9-10,17H2,1-2H3,(H,18,21). The molecule has 1 heterocycles. The Labute approximate surface area is 124 Å². The summed E-state index contributed by atoms with van der Waals surface area (Å²) in [5.74, 6) is -0.565. The first kappa shape index (κ1) is 15.7. The van der Waals surface area contributed by atoms with Gasteiger partial charge in [-0.1, -0.05) is 0 Å². The second-order valence-corrected chi connectivity index (χ2v) is 5.81. The first-order chi connectivity index (χ1) is 9.95. The third-order valence-corrected chi connectivity index (χ3v) is 3.70. The van der Waals surface area contributed by atoms with Gasteiger partial charge in [-0.2, -0.15) is 0 Å². The molecule has 0 saturated carbocycles. The Kier molecular flexibility index (Phi) is 5.14. The highest BCUT2D eigenvalue weighted by Crippen LogP contribution is 2.19. The van der Waals surface area contributed by atoms with Gasteiger partial charge in [-0.25, -0.2) is 4.39 Å². The lowest BCUT2D eigenvalue weighted by atomic mass is 10.2. The fourth-order valence-electron chi connectivity index (χ4n) is 2.74. The molecule has 1 aromatic carbocycles. The fourth-order valence-corrected chi connectivity index (χ4v) is 2.74. The van der Waals surface area contributed by atoms with Crippen LogP contribution in [-0.4, -0.2) is 55.5 Å². The minimum Gasteiger partial charge on any atom is -0.396 e. The highest BCUT2D eigenvalue weighted by atomic mass is 19.1. The number of rotatable bonds is 5. The second kappa shape index (κ2) is 6.87. The molecule has 5 nitrogen and oxygen atoms in total. The van der Waals surface area contributed by atoms with Gasteiger partial charge >= 0.3 is 0 Å². The second-order valence-electron chi connectivity index (χ2n) is 5.81. The third kappa shape index (κ3) is 4.41. The molecule has 1 unspecified atom stereocenters. The van der Waals surface area contributed by atoms with Crippen LogP contribution in [-0.2, 0) is 4.79 Å². The van der Waals surface area contributed by atoms with Crippen LogP contribution in [0.15, 0.2) is 18.2 Å². The Hall–Kier alpha value is -1.66. The van der Waals surface area contributed by atoms with E-state index in [-0.39, 0.29) is 11.6 Å². The molecule has 2 rings (SSSR count). The van der Waals surface area contributed by atoms with Gasteiger partial charge in [-0.05, 0) is 51.7 Å². The van der Waals surface area contributed by atoms with Crippen LogP contribution in [0.25, 0.3) is 0 Å². The largest absolute Gasteiger partial charge is 0.396 e. The number of nitrogens with two attached hydrogens (primary N) is 1. The van der Waals surface area contributed by atoms with Crippen LogP contribution >= 0.6 is 0 Å². The molecule has 0 aromatic heterocycles. The van der Waals surface area contributed by atoms with Crippen LogP contribution in [0.1, 0.15) is 12.8 Å². The smallest absolute Gasteiger partial charge is 0.238 e. The van der Waals surface area contributed by atoms with Crippen LogP contribution in [0.2, 0.25) is 0 Å². The number of carbonyl (C=O) groups excluding carboxylic acids is 1. The number of nitrogen functional groups attached to an aromatic ring is 1. The molecule has 0 bridgehead atoms. The van der Waals surface area contributed by atoms with Gasteiger partial charge in [0, 0.05) is 18.3 Å². The molecular formula is C15H23FN4O. The van der Waals surface area contributed by atoms with Crippen molar-refractivity contribution in [3.63, 3.8) is 0 Å². The van der Waals surface area contributed by atoms with E-state index in [0.29, 0.717) is 18.3 Å². The summed E-state index contributed by atoms with van der Waals surface area (Å²) in [7, 11) is 4.08. The van der Waals surface area contributed by atoms with Gasteiger partial charge in [0.2, 0.25) is 5.91 Å². The van der Waals surface area contributed by atoms with Crippen molar-refractivity contribution in [1.29, 1.82) is 0 Å². The third-order valence-electron chi connectivity index (χ3n) is 3.70. The average molecular weight is 294 g/mol. The number of nitrogens with one attached hydrogen (secondary N) is 1. The molecule has 1 amide bonds. The zero-order valence-corrected chi connectivity index (χ0v) is 12.6. The van der Waals surface area contributed by atoms with Crippen molar-refractivity contribution in [2.75, 3.05) is 44.8 Å². The summed E-state index contributed by atoms with van der Waals surface area (Å²) >= 11 is 0. The Bertz CT molecular complexity index is 506. The number of carbonyl (C=O) groups is 1. The molecule has 0 spiro atoms. The van der Waals surface area contributed by atoms with Crippen molar-refractivity contribution < 1.29 is 9.18 Å². The van der Waals surface area contributed by atoms with E-state index >= 15 is 0 Å². The van der Waals surface area contributed by atoms with Gasteiger partial charge in [-0.15, -0.1) is 0 Å². The molecule has 116 valence electrons. The molecule has 0 radical (unpaired) electrons. The zero-order chi connectivity index (χ0) is 15.4. The van der Waals surface area contributed by atoms with E-state index in [1.807, 2.05) is 14.1 Å². The molecule has 6 heteroatoms. The molecule has 1 saturated heterocycles. The summed E-state index contributed by atoms with van der Waals surface area (Å²) in [5, 5.41) is 2.77. The molecule has 1 atom stereocenters. The number of amides is 1. The summed E-state index contributed by atoms with van der Waals surface area (Å²) in [6.45, 7) is 2.25. The maximum absolute atomic E-state index is 13.1. The number of benzene rings is 1. The van der Waals surface area contributed by atoms with Crippen molar-refractivity contribution in [2.45, 2.75) is 18.9 Å². The first-order valence-corrected chi connectivity index (χ1v) is 7.19. The van der Waals surface area contributed by atoms with Gasteiger partial charge in [0.1, 0.15) is 5.82 Å². The van der Waals surface area contributed by atoms with E-state index < -0.39 is 5.82 Å². The molecule has 1 aliphatic rings. The lowest BCUT2D eigenvalue weighted by molar-refractivity contribution is -0.117. The van der Waals surface area contributed by atoms with Crippen molar-refractivity contribution in [3.8, 4) is 0 Å². The maximum Gasteiger partial charge on any atom is 0.238 e. The lowest BCUT2D eigenvalue weighted by Crippen LogP contribution is -2.41. The van der Waals surface area contributed by atoms with E-state index in [1.165, 1.54) is 18.2 Å². The van der Waals surface area contributed by atoms with E-state index in [2.05, 4.69) is 15.1 Å². The minimum atomic E-state index is -0.474. The predicted molar refractivity (Wildman–Crippen MR) is 82.6 cm³/mol. The molecule has 1 aromatic rings. The summed E-state index contributed by atoms with van der Waals surface area (Å²) in [6, 6.07) is 4.64. The maximum atomic E-state index is 13.1. The predicted octanol–water partition coefficient (Wildman–Crippen LogP) is 1.37. The van der Waals surface area contributed by atoms with Crippen LogP contribution < -0.4 is 11.1 Å². The Balaban J connectivity index is 1.90. The first-order valence-electron chi connectivity index (χ1n) is 7.19. The number of hydrogen-bond donors (Lipinski definition) is 2. The van der Waals surface area contributed by atoms with Gasteiger partial charge < -0.3 is 16.0 Å².